The van der Waals surface area contributed by atoms with Crippen molar-refractivity contribution >= 4 is 29.1 Å². The predicted octanol–water partition coefficient (Wildman–Crippen LogP) is 1.91. The van der Waals surface area contributed by atoms with Gasteiger partial charge in [-0.2, -0.15) is 0 Å². The smallest absolute Gasteiger partial charge is 0.231 e. The third-order valence-electron chi connectivity index (χ3n) is 2.84. The van der Waals surface area contributed by atoms with Gasteiger partial charge in [0.05, 0.1) is 6.42 Å². The fourth-order valence-electron chi connectivity index (χ4n) is 1.92. The summed E-state index contributed by atoms with van der Waals surface area (Å²) in [5.74, 6) is 0.167. The second-order valence-electron chi connectivity index (χ2n) is 4.76. The number of thiocarbonyl (C=S) groups is 1. The van der Waals surface area contributed by atoms with E-state index in [1.165, 1.54) is 0 Å². The Bertz CT molecular complexity index is 662. The van der Waals surface area contributed by atoms with E-state index < -0.39 is 0 Å². The number of nitrogens with one attached hydrogen (secondary N) is 1. The van der Waals surface area contributed by atoms with Gasteiger partial charge in [0, 0.05) is 17.0 Å². The van der Waals surface area contributed by atoms with Gasteiger partial charge in [0.15, 0.2) is 0 Å². The lowest BCUT2D eigenvalue weighted by Crippen LogP contribution is -2.17. The number of hydrogen-bond acceptors (Lipinski definition) is 4. The van der Waals surface area contributed by atoms with Gasteiger partial charge in [-0.1, -0.05) is 36.5 Å². The Hall–Kier alpha value is -2.34. The molecule has 1 heterocycles. The summed E-state index contributed by atoms with van der Waals surface area (Å²) in [6.07, 6.45) is 0.244. The molecule has 0 unspecified atom stereocenters. The molecule has 21 heavy (non-hydrogen) atoms. The molecule has 0 saturated carbocycles. The summed E-state index contributed by atoms with van der Waals surface area (Å²) in [5.41, 5.74) is 8.82. The zero-order valence-corrected chi connectivity index (χ0v) is 12.7. The fraction of sp³-hybridized carbons (Fsp3) is 0.200. The highest BCUT2D eigenvalue weighted by atomic mass is 32.1. The van der Waals surface area contributed by atoms with E-state index in [0.717, 1.165) is 22.5 Å². The zero-order valence-electron chi connectivity index (χ0n) is 11.9. The maximum Gasteiger partial charge on any atom is 0.231 e. The van der Waals surface area contributed by atoms with Crippen molar-refractivity contribution in [2.45, 2.75) is 20.3 Å². The minimum absolute atomic E-state index is 0.164. The summed E-state index contributed by atoms with van der Waals surface area (Å²) >= 11 is 4.89. The van der Waals surface area contributed by atoms with Crippen LogP contribution in [-0.2, 0) is 11.2 Å². The van der Waals surface area contributed by atoms with Crippen LogP contribution in [0.1, 0.15) is 22.5 Å². The first-order valence-electron chi connectivity index (χ1n) is 6.45. The number of aromatic nitrogens is 2. The molecule has 0 radical (unpaired) electrons. The van der Waals surface area contributed by atoms with E-state index in [1.54, 1.807) is 12.1 Å². The van der Waals surface area contributed by atoms with Crippen LogP contribution in [0.4, 0.5) is 5.95 Å². The summed E-state index contributed by atoms with van der Waals surface area (Å²) in [5, 5.41) is 2.70. The molecule has 0 spiro atoms. The molecule has 0 aliphatic carbocycles. The van der Waals surface area contributed by atoms with Crippen molar-refractivity contribution < 1.29 is 4.79 Å². The summed E-state index contributed by atoms with van der Waals surface area (Å²) in [6.45, 7) is 3.72. The van der Waals surface area contributed by atoms with Crippen LogP contribution in [-0.4, -0.2) is 20.9 Å². The quantitative estimate of drug-likeness (QED) is 0.843. The molecular weight excluding hydrogens is 284 g/mol. The highest BCUT2D eigenvalue weighted by Gasteiger charge is 2.07. The second kappa shape index (κ2) is 6.41. The highest BCUT2D eigenvalue weighted by Crippen LogP contribution is 2.08. The normalized spacial score (nSPS) is 10.2. The zero-order chi connectivity index (χ0) is 15.4. The Morgan fingerprint density at radius 3 is 2.29 bits per heavy atom. The van der Waals surface area contributed by atoms with E-state index in [4.69, 9.17) is 18.0 Å². The first-order chi connectivity index (χ1) is 9.94. The van der Waals surface area contributed by atoms with Crippen LogP contribution in [0.3, 0.4) is 0 Å². The van der Waals surface area contributed by atoms with E-state index >= 15 is 0 Å². The molecule has 6 heteroatoms. The average Bonchev–Trinajstić information content (AvgIpc) is 2.37. The molecule has 1 aromatic carbocycles. The predicted molar refractivity (Wildman–Crippen MR) is 86.2 cm³/mol. The van der Waals surface area contributed by atoms with Crippen LogP contribution in [0.5, 0.6) is 0 Å². The maximum absolute atomic E-state index is 12.0. The Balaban J connectivity index is 2.02. The standard InChI is InChI=1S/C15H16N4OS/c1-9-7-10(2)18-15(17-9)19-13(20)8-11-3-5-12(6-4-11)14(16)21/h3-7H,8H2,1-2H3,(H2,16,21)(H,17,18,19,20). The van der Waals surface area contributed by atoms with Gasteiger partial charge in [0.2, 0.25) is 11.9 Å². The number of nitrogens with two attached hydrogens (primary N) is 1. The molecule has 1 aromatic heterocycles. The summed E-state index contributed by atoms with van der Waals surface area (Å²) in [7, 11) is 0. The number of nitrogens with zero attached hydrogens (tertiary/aromatic N) is 2. The van der Waals surface area contributed by atoms with E-state index in [-0.39, 0.29) is 12.3 Å². The molecule has 108 valence electrons. The topological polar surface area (TPSA) is 80.9 Å². The van der Waals surface area contributed by atoms with Gasteiger partial charge in [-0.25, -0.2) is 9.97 Å². The Morgan fingerprint density at radius 1 is 1.19 bits per heavy atom. The Morgan fingerprint density at radius 2 is 1.76 bits per heavy atom. The lowest BCUT2D eigenvalue weighted by atomic mass is 10.1. The van der Waals surface area contributed by atoms with Crippen molar-refractivity contribution in [1.29, 1.82) is 0 Å². The van der Waals surface area contributed by atoms with Crippen LogP contribution >= 0.6 is 12.2 Å². The van der Waals surface area contributed by atoms with Crippen molar-refractivity contribution in [3.63, 3.8) is 0 Å². The first-order valence-corrected chi connectivity index (χ1v) is 6.86. The fourth-order valence-corrected chi connectivity index (χ4v) is 2.06. The van der Waals surface area contributed by atoms with Crippen molar-refractivity contribution in [2.75, 3.05) is 5.32 Å². The van der Waals surface area contributed by atoms with Crippen LogP contribution in [0.15, 0.2) is 30.3 Å². The van der Waals surface area contributed by atoms with E-state index in [1.807, 2.05) is 32.0 Å². The minimum atomic E-state index is -0.164. The molecular formula is C15H16N4OS. The third kappa shape index (κ3) is 4.32. The molecule has 0 fully saturated rings. The molecule has 0 atom stereocenters. The van der Waals surface area contributed by atoms with Gasteiger partial charge >= 0.3 is 0 Å². The molecule has 1 amide bonds. The average molecular weight is 300 g/mol. The molecule has 3 N–H and O–H groups in total. The van der Waals surface area contributed by atoms with Crippen LogP contribution in [0.25, 0.3) is 0 Å². The van der Waals surface area contributed by atoms with E-state index in [9.17, 15) is 4.79 Å². The van der Waals surface area contributed by atoms with Crippen LogP contribution in [0, 0.1) is 13.8 Å². The SMILES string of the molecule is Cc1cc(C)nc(NC(=O)Cc2ccc(C(N)=S)cc2)n1. The second-order valence-corrected chi connectivity index (χ2v) is 5.20. The number of hydrogen-bond donors (Lipinski definition) is 2. The highest BCUT2D eigenvalue weighted by molar-refractivity contribution is 7.80. The van der Waals surface area contributed by atoms with E-state index in [0.29, 0.717) is 10.9 Å². The van der Waals surface area contributed by atoms with Crippen molar-refractivity contribution in [1.82, 2.24) is 9.97 Å². The van der Waals surface area contributed by atoms with Gasteiger partial charge < -0.3 is 5.73 Å². The van der Waals surface area contributed by atoms with Gasteiger partial charge in [-0.15, -0.1) is 0 Å². The lowest BCUT2D eigenvalue weighted by Gasteiger charge is -2.06. The number of benzene rings is 1. The molecule has 2 rings (SSSR count). The monoisotopic (exact) mass is 300 g/mol. The molecule has 0 aliphatic rings. The van der Waals surface area contributed by atoms with E-state index in [2.05, 4.69) is 15.3 Å². The molecule has 0 saturated heterocycles. The number of amides is 1. The number of anilines is 1. The Kier molecular flexibility index (Phi) is 4.59. The van der Waals surface area contributed by atoms with Gasteiger partial charge in [-0.05, 0) is 25.5 Å². The lowest BCUT2D eigenvalue weighted by molar-refractivity contribution is -0.115. The van der Waals surface area contributed by atoms with Crippen molar-refractivity contribution in [3.05, 3.63) is 52.8 Å². The summed E-state index contributed by atoms with van der Waals surface area (Å²) in [4.78, 5) is 20.7. The van der Waals surface area contributed by atoms with Gasteiger partial charge in [0.1, 0.15) is 4.99 Å². The number of rotatable bonds is 4. The van der Waals surface area contributed by atoms with Gasteiger partial charge in [-0.3, -0.25) is 10.1 Å². The maximum atomic E-state index is 12.0. The Labute approximate surface area is 128 Å². The van der Waals surface area contributed by atoms with Crippen LogP contribution in [0.2, 0.25) is 0 Å². The molecule has 0 aliphatic heterocycles. The summed E-state index contributed by atoms with van der Waals surface area (Å²) < 4.78 is 0. The first kappa shape index (κ1) is 15.1. The largest absolute Gasteiger partial charge is 0.389 e. The number of aryl methyl sites for hydroxylation is 2. The third-order valence-corrected chi connectivity index (χ3v) is 3.07. The summed E-state index contributed by atoms with van der Waals surface area (Å²) in [6, 6.07) is 9.12. The molecule has 0 bridgehead atoms. The molecule has 5 nitrogen and oxygen atoms in total. The molecule has 2 aromatic rings. The van der Waals surface area contributed by atoms with Crippen molar-refractivity contribution in [2.24, 2.45) is 5.73 Å². The minimum Gasteiger partial charge on any atom is -0.389 e. The van der Waals surface area contributed by atoms with Crippen molar-refractivity contribution in [3.8, 4) is 0 Å². The van der Waals surface area contributed by atoms with Crippen LogP contribution < -0.4 is 11.1 Å². The van der Waals surface area contributed by atoms with Gasteiger partial charge in [0.25, 0.3) is 0 Å². The number of carbonyl (C=O) groups is 1. The number of carbonyl (C=O) groups excluding carboxylic acids is 1.